The minimum absolute atomic E-state index is 0.0282. The van der Waals surface area contributed by atoms with Crippen molar-refractivity contribution < 1.29 is 13.2 Å². The summed E-state index contributed by atoms with van der Waals surface area (Å²) in [6.45, 7) is 0. The fourth-order valence-corrected chi connectivity index (χ4v) is 2.84. The van der Waals surface area contributed by atoms with Gasteiger partial charge in [0.15, 0.2) is 0 Å². The topological polar surface area (TPSA) is 56.7 Å². The third-order valence-corrected chi connectivity index (χ3v) is 4.11. The Morgan fingerprint density at radius 2 is 1.77 bits per heavy atom. The highest BCUT2D eigenvalue weighted by Crippen LogP contribution is 2.30. The molecule has 1 heterocycles. The van der Waals surface area contributed by atoms with Gasteiger partial charge in [0.1, 0.15) is 0 Å². The lowest BCUT2D eigenvalue weighted by Crippen LogP contribution is -2.21. The van der Waals surface area contributed by atoms with Gasteiger partial charge in [0.2, 0.25) is 5.16 Å². The van der Waals surface area contributed by atoms with Crippen LogP contribution in [0.15, 0.2) is 47.6 Å². The molecule has 8 heteroatoms. The number of thioether (sulfide) groups is 1. The number of fused-ring (bicyclic) bond motifs is 1. The average Bonchev–Trinajstić information content (AvgIpc) is 2.86. The van der Waals surface area contributed by atoms with Gasteiger partial charge >= 0.3 is 6.18 Å². The summed E-state index contributed by atoms with van der Waals surface area (Å²) >= 11 is 1.11. The van der Waals surface area contributed by atoms with Gasteiger partial charge in [0.25, 0.3) is 5.82 Å². The molecule has 0 aliphatic carbocycles. The number of nitrogens with two attached hydrogens (primary N) is 1. The molecule has 2 aromatic carbocycles. The lowest BCUT2D eigenvalue weighted by molar-refractivity contribution is -0.146. The number of hydrogen-bond acceptors (Lipinski definition) is 4. The Hall–Kier alpha value is -2.22. The third kappa shape index (κ3) is 2.87. The fourth-order valence-electron chi connectivity index (χ4n) is 2.05. The third-order valence-electron chi connectivity index (χ3n) is 3.10. The monoisotopic (exact) mass is 324 g/mol. The number of aromatic nitrogens is 3. The van der Waals surface area contributed by atoms with E-state index in [-0.39, 0.29) is 5.16 Å². The summed E-state index contributed by atoms with van der Waals surface area (Å²) in [7, 11) is 0. The van der Waals surface area contributed by atoms with Crippen LogP contribution < -0.4 is 5.84 Å². The lowest BCUT2D eigenvalue weighted by atomic mass is 10.1. The highest BCUT2D eigenvalue weighted by atomic mass is 32.2. The molecule has 0 atom stereocenters. The van der Waals surface area contributed by atoms with Gasteiger partial charge in [-0.3, -0.25) is 0 Å². The highest BCUT2D eigenvalue weighted by molar-refractivity contribution is 7.98. The van der Waals surface area contributed by atoms with E-state index >= 15 is 0 Å². The number of benzene rings is 2. The molecule has 0 saturated heterocycles. The lowest BCUT2D eigenvalue weighted by Gasteiger charge is -2.06. The molecule has 0 radical (unpaired) electrons. The van der Waals surface area contributed by atoms with Gasteiger partial charge in [-0.05, 0) is 16.3 Å². The maximum absolute atomic E-state index is 12.6. The number of nitrogen functional groups attached to an aromatic ring is 1. The molecule has 0 bridgehead atoms. The minimum Gasteiger partial charge on any atom is -0.335 e. The number of halogens is 3. The van der Waals surface area contributed by atoms with E-state index in [1.165, 1.54) is 0 Å². The van der Waals surface area contributed by atoms with E-state index in [1.807, 2.05) is 42.5 Å². The minimum atomic E-state index is -4.61. The molecule has 0 unspecified atom stereocenters. The molecule has 22 heavy (non-hydrogen) atoms. The Bertz CT molecular complexity index is 813. The molecule has 4 nitrogen and oxygen atoms in total. The molecule has 3 rings (SSSR count). The van der Waals surface area contributed by atoms with Crippen molar-refractivity contribution >= 4 is 22.5 Å². The summed E-state index contributed by atoms with van der Waals surface area (Å²) in [5.74, 6) is 4.65. The van der Waals surface area contributed by atoms with Crippen LogP contribution in [-0.4, -0.2) is 14.9 Å². The first-order valence-corrected chi connectivity index (χ1v) is 7.32. The van der Waals surface area contributed by atoms with E-state index in [0.717, 1.165) is 28.1 Å². The predicted octanol–water partition coefficient (Wildman–Crippen LogP) is 3.46. The molecule has 0 spiro atoms. The first-order valence-electron chi connectivity index (χ1n) is 6.33. The average molecular weight is 324 g/mol. The van der Waals surface area contributed by atoms with Crippen LogP contribution in [0.4, 0.5) is 13.2 Å². The molecule has 0 saturated carbocycles. The molecular weight excluding hydrogens is 313 g/mol. The van der Waals surface area contributed by atoms with Crippen molar-refractivity contribution in [2.45, 2.75) is 17.1 Å². The van der Waals surface area contributed by atoms with E-state index in [4.69, 9.17) is 5.84 Å². The molecule has 114 valence electrons. The Morgan fingerprint density at radius 1 is 1.05 bits per heavy atom. The van der Waals surface area contributed by atoms with Crippen LogP contribution in [-0.2, 0) is 11.9 Å². The number of hydrogen-bond donors (Lipinski definition) is 1. The zero-order valence-corrected chi connectivity index (χ0v) is 12.0. The van der Waals surface area contributed by atoms with Crippen LogP contribution in [0, 0.1) is 0 Å². The summed E-state index contributed by atoms with van der Waals surface area (Å²) < 4.78 is 38.2. The molecule has 0 aliphatic rings. The Kier molecular flexibility index (Phi) is 3.69. The van der Waals surface area contributed by atoms with Crippen molar-refractivity contribution in [1.29, 1.82) is 0 Å². The van der Waals surface area contributed by atoms with E-state index in [2.05, 4.69) is 10.2 Å². The van der Waals surface area contributed by atoms with Crippen LogP contribution >= 0.6 is 11.8 Å². The molecule has 2 N–H and O–H groups in total. The fraction of sp³-hybridized carbons (Fsp3) is 0.143. The van der Waals surface area contributed by atoms with E-state index in [1.54, 1.807) is 0 Å². The molecule has 3 aromatic rings. The Balaban J connectivity index is 1.78. The zero-order chi connectivity index (χ0) is 15.7. The second-order valence-electron chi connectivity index (χ2n) is 4.64. The molecular formula is C14H11F3N4S. The normalized spacial score (nSPS) is 12.0. The van der Waals surface area contributed by atoms with Gasteiger partial charge in [0.05, 0.1) is 0 Å². The smallest absolute Gasteiger partial charge is 0.335 e. The first kappa shape index (κ1) is 14.7. The molecule has 1 aromatic heterocycles. The number of nitrogens with zero attached hydrogens (tertiary/aromatic N) is 3. The standard InChI is InChI=1S/C14H11F3N4S/c15-14(16,17)12-19-20-13(21(12)18)22-8-9-5-6-10-3-1-2-4-11(10)7-9/h1-7H,8,18H2. The Morgan fingerprint density at radius 3 is 2.45 bits per heavy atom. The van der Waals surface area contributed by atoms with Crippen molar-refractivity contribution in [2.75, 3.05) is 5.84 Å². The van der Waals surface area contributed by atoms with Crippen LogP contribution in [0.2, 0.25) is 0 Å². The summed E-state index contributed by atoms with van der Waals surface area (Å²) in [6, 6.07) is 13.8. The van der Waals surface area contributed by atoms with Gasteiger partial charge < -0.3 is 5.84 Å². The first-order chi connectivity index (χ1) is 10.4. The predicted molar refractivity (Wildman–Crippen MR) is 78.7 cm³/mol. The molecule has 0 amide bonds. The second-order valence-corrected chi connectivity index (χ2v) is 5.59. The largest absolute Gasteiger partial charge is 0.453 e. The zero-order valence-electron chi connectivity index (χ0n) is 11.2. The van der Waals surface area contributed by atoms with E-state index < -0.39 is 12.0 Å². The van der Waals surface area contributed by atoms with Gasteiger partial charge in [-0.2, -0.15) is 13.2 Å². The quantitative estimate of drug-likeness (QED) is 0.592. The maximum atomic E-state index is 12.6. The number of alkyl halides is 3. The van der Waals surface area contributed by atoms with Crippen molar-refractivity contribution in [2.24, 2.45) is 0 Å². The highest BCUT2D eigenvalue weighted by Gasteiger charge is 2.38. The van der Waals surface area contributed by atoms with Crippen LogP contribution in [0.25, 0.3) is 10.8 Å². The van der Waals surface area contributed by atoms with Crippen molar-refractivity contribution in [3.63, 3.8) is 0 Å². The van der Waals surface area contributed by atoms with Gasteiger partial charge in [-0.15, -0.1) is 10.2 Å². The van der Waals surface area contributed by atoms with Crippen molar-refractivity contribution in [3.8, 4) is 0 Å². The second kappa shape index (κ2) is 5.53. The summed E-state index contributed by atoms with van der Waals surface area (Å²) in [6.07, 6.45) is -4.61. The molecule has 0 fully saturated rings. The van der Waals surface area contributed by atoms with E-state index in [9.17, 15) is 13.2 Å². The van der Waals surface area contributed by atoms with Crippen LogP contribution in [0.1, 0.15) is 11.4 Å². The van der Waals surface area contributed by atoms with Gasteiger partial charge in [-0.1, -0.05) is 54.2 Å². The van der Waals surface area contributed by atoms with E-state index in [0.29, 0.717) is 10.4 Å². The van der Waals surface area contributed by atoms with Gasteiger partial charge in [-0.25, -0.2) is 4.68 Å². The van der Waals surface area contributed by atoms with Crippen molar-refractivity contribution in [1.82, 2.24) is 14.9 Å². The molecule has 0 aliphatic heterocycles. The summed E-state index contributed by atoms with van der Waals surface area (Å²) in [5, 5.41) is 8.79. The number of rotatable bonds is 3. The SMILES string of the molecule is Nn1c(SCc2ccc3ccccc3c2)nnc1C(F)(F)F. The summed E-state index contributed by atoms with van der Waals surface area (Å²) in [5.41, 5.74) is 0.972. The Labute approximate surface area is 128 Å². The maximum Gasteiger partial charge on any atom is 0.453 e. The van der Waals surface area contributed by atoms with Crippen molar-refractivity contribution in [3.05, 3.63) is 53.9 Å². The van der Waals surface area contributed by atoms with Crippen LogP contribution in [0.5, 0.6) is 0 Å². The summed E-state index contributed by atoms with van der Waals surface area (Å²) in [4.78, 5) is 0. The van der Waals surface area contributed by atoms with Crippen LogP contribution in [0.3, 0.4) is 0 Å². The van der Waals surface area contributed by atoms with Gasteiger partial charge in [0, 0.05) is 5.75 Å².